The van der Waals surface area contributed by atoms with Gasteiger partial charge in [-0.15, -0.1) is 0 Å². The van der Waals surface area contributed by atoms with Crippen LogP contribution in [0.3, 0.4) is 0 Å². The van der Waals surface area contributed by atoms with Crippen LogP contribution in [0.25, 0.3) is 0 Å². The minimum atomic E-state index is -0.262. The predicted octanol–water partition coefficient (Wildman–Crippen LogP) is 1.71. The first-order valence-corrected chi connectivity index (χ1v) is 9.90. The number of nitrogens with one attached hydrogen (secondary N) is 1. The molecular formula is C21H28N4O4. The molecule has 2 amide bonds. The normalized spacial score (nSPS) is 13.3. The fourth-order valence-electron chi connectivity index (χ4n) is 3.17. The van der Waals surface area contributed by atoms with Crippen LogP contribution in [0.15, 0.2) is 34.9 Å². The molecule has 0 saturated heterocycles. The Hall–Kier alpha value is -2.87. The summed E-state index contributed by atoms with van der Waals surface area (Å²) in [4.78, 5) is 28.7. The molecule has 2 heterocycles. The third-order valence-corrected chi connectivity index (χ3v) is 4.79. The molecule has 29 heavy (non-hydrogen) atoms. The molecular weight excluding hydrogens is 372 g/mol. The average molecular weight is 400 g/mol. The monoisotopic (exact) mass is 400 g/mol. The molecule has 0 spiro atoms. The second-order valence-electron chi connectivity index (χ2n) is 7.32. The maximum atomic E-state index is 12.6. The van der Waals surface area contributed by atoms with E-state index in [-0.39, 0.29) is 17.5 Å². The van der Waals surface area contributed by atoms with E-state index in [1.54, 1.807) is 4.90 Å². The predicted molar refractivity (Wildman–Crippen MR) is 108 cm³/mol. The van der Waals surface area contributed by atoms with Crippen LogP contribution in [0.5, 0.6) is 5.75 Å². The van der Waals surface area contributed by atoms with Gasteiger partial charge in [-0.1, -0.05) is 23.4 Å². The van der Waals surface area contributed by atoms with Crippen LogP contribution in [0, 0.1) is 0 Å². The Kier molecular flexibility index (Phi) is 7.24. The van der Waals surface area contributed by atoms with Crippen molar-refractivity contribution in [3.8, 4) is 5.75 Å². The summed E-state index contributed by atoms with van der Waals surface area (Å²) in [5.74, 6) is 1.28. The molecule has 0 aliphatic carbocycles. The van der Waals surface area contributed by atoms with Crippen LogP contribution in [-0.4, -0.2) is 67.1 Å². The summed E-state index contributed by atoms with van der Waals surface area (Å²) in [6.45, 7) is 2.68. The first-order chi connectivity index (χ1) is 14.0. The van der Waals surface area contributed by atoms with Crippen molar-refractivity contribution < 1.29 is 18.8 Å². The molecule has 0 fully saturated rings. The van der Waals surface area contributed by atoms with Gasteiger partial charge in [-0.2, -0.15) is 0 Å². The topological polar surface area (TPSA) is 87.9 Å². The number of carbonyl (C=O) groups excluding carboxylic acids is 2. The Morgan fingerprint density at radius 2 is 2.07 bits per heavy atom. The lowest BCUT2D eigenvalue weighted by molar-refractivity contribution is -0.132. The van der Waals surface area contributed by atoms with E-state index in [9.17, 15) is 9.59 Å². The van der Waals surface area contributed by atoms with Gasteiger partial charge >= 0.3 is 0 Å². The summed E-state index contributed by atoms with van der Waals surface area (Å²) in [6, 6.07) is 9.55. The van der Waals surface area contributed by atoms with Crippen LogP contribution in [-0.2, 0) is 17.8 Å². The summed E-state index contributed by atoms with van der Waals surface area (Å²) in [6.07, 6.45) is 1.61. The summed E-state index contributed by atoms with van der Waals surface area (Å²) in [7, 11) is 3.89. The van der Waals surface area contributed by atoms with Gasteiger partial charge in [-0.05, 0) is 32.6 Å². The molecule has 0 saturated carbocycles. The molecule has 2 aromatic rings. The highest BCUT2D eigenvalue weighted by Gasteiger charge is 2.29. The van der Waals surface area contributed by atoms with Gasteiger partial charge in [0.2, 0.25) is 5.91 Å². The average Bonchev–Trinajstić information content (AvgIpc) is 3.15. The number of fused-ring (bicyclic) bond motifs is 1. The molecule has 156 valence electrons. The van der Waals surface area contributed by atoms with Gasteiger partial charge in [0, 0.05) is 38.0 Å². The van der Waals surface area contributed by atoms with Gasteiger partial charge < -0.3 is 24.4 Å². The molecule has 1 aromatic carbocycles. The SMILES string of the molecule is CN(C)CCNC(=O)c1noc2c1CN(C(=O)CCCOc1ccccc1)CC2. The molecule has 1 aromatic heterocycles. The summed E-state index contributed by atoms with van der Waals surface area (Å²) in [5.41, 5.74) is 0.996. The number of aromatic nitrogens is 1. The van der Waals surface area contributed by atoms with Gasteiger partial charge in [-0.25, -0.2) is 0 Å². The maximum Gasteiger partial charge on any atom is 0.273 e. The molecule has 1 N–H and O–H groups in total. The van der Waals surface area contributed by atoms with Crippen LogP contribution in [0.1, 0.15) is 34.7 Å². The Morgan fingerprint density at radius 3 is 2.83 bits per heavy atom. The Bertz CT molecular complexity index is 819. The van der Waals surface area contributed by atoms with Crippen LogP contribution in [0.2, 0.25) is 0 Å². The lowest BCUT2D eigenvalue weighted by atomic mass is 10.0. The Labute approximate surface area is 170 Å². The number of para-hydroxylation sites is 1. The molecule has 1 aliphatic rings. The summed E-state index contributed by atoms with van der Waals surface area (Å²) < 4.78 is 11.0. The summed E-state index contributed by atoms with van der Waals surface area (Å²) in [5, 5.41) is 6.78. The van der Waals surface area contributed by atoms with Gasteiger partial charge in [-0.3, -0.25) is 9.59 Å². The van der Waals surface area contributed by atoms with E-state index in [2.05, 4.69) is 10.5 Å². The number of hydrogen-bond acceptors (Lipinski definition) is 6. The van der Waals surface area contributed by atoms with E-state index in [4.69, 9.17) is 9.26 Å². The minimum Gasteiger partial charge on any atom is -0.494 e. The quantitative estimate of drug-likeness (QED) is 0.645. The van der Waals surface area contributed by atoms with Gasteiger partial charge in [0.05, 0.1) is 13.2 Å². The largest absolute Gasteiger partial charge is 0.494 e. The fraction of sp³-hybridized carbons (Fsp3) is 0.476. The van der Waals surface area contributed by atoms with Crippen molar-refractivity contribution >= 4 is 11.8 Å². The van der Waals surface area contributed by atoms with Gasteiger partial charge in [0.1, 0.15) is 11.5 Å². The van der Waals surface area contributed by atoms with Gasteiger partial charge in [0.25, 0.3) is 5.91 Å². The smallest absolute Gasteiger partial charge is 0.273 e. The highest BCUT2D eigenvalue weighted by Crippen LogP contribution is 2.23. The highest BCUT2D eigenvalue weighted by molar-refractivity contribution is 5.94. The third-order valence-electron chi connectivity index (χ3n) is 4.79. The van der Waals surface area contributed by atoms with E-state index < -0.39 is 0 Å². The van der Waals surface area contributed by atoms with Crippen molar-refractivity contribution in [1.29, 1.82) is 0 Å². The van der Waals surface area contributed by atoms with E-state index in [0.29, 0.717) is 56.8 Å². The Morgan fingerprint density at radius 1 is 1.28 bits per heavy atom. The van der Waals surface area contributed by atoms with Crippen molar-refractivity contribution in [1.82, 2.24) is 20.3 Å². The molecule has 0 bridgehead atoms. The van der Waals surface area contributed by atoms with Crippen molar-refractivity contribution in [3.63, 3.8) is 0 Å². The fourth-order valence-corrected chi connectivity index (χ4v) is 3.17. The molecule has 8 heteroatoms. The zero-order chi connectivity index (χ0) is 20.6. The third kappa shape index (κ3) is 5.80. The van der Waals surface area contributed by atoms with Crippen LogP contribution >= 0.6 is 0 Å². The zero-order valence-corrected chi connectivity index (χ0v) is 17.0. The van der Waals surface area contributed by atoms with Crippen molar-refractivity contribution in [2.24, 2.45) is 0 Å². The first kappa shape index (κ1) is 20.9. The van der Waals surface area contributed by atoms with E-state index >= 15 is 0 Å². The maximum absolute atomic E-state index is 12.6. The number of ether oxygens (including phenoxy) is 1. The first-order valence-electron chi connectivity index (χ1n) is 9.90. The second-order valence-corrected chi connectivity index (χ2v) is 7.32. The molecule has 1 aliphatic heterocycles. The lowest BCUT2D eigenvalue weighted by Crippen LogP contribution is -2.37. The number of carbonyl (C=O) groups is 2. The number of rotatable bonds is 9. The number of likely N-dealkylation sites (N-methyl/N-ethyl adjacent to an activating group) is 1. The minimum absolute atomic E-state index is 0.0486. The van der Waals surface area contributed by atoms with Crippen LogP contribution < -0.4 is 10.1 Å². The van der Waals surface area contributed by atoms with E-state index in [0.717, 1.165) is 12.3 Å². The summed E-state index contributed by atoms with van der Waals surface area (Å²) >= 11 is 0. The second kappa shape index (κ2) is 10.1. The van der Waals surface area contributed by atoms with Crippen LogP contribution in [0.4, 0.5) is 0 Å². The van der Waals surface area contributed by atoms with Crippen molar-refractivity contribution in [2.75, 3.05) is 40.3 Å². The molecule has 3 rings (SSSR count). The van der Waals surface area contributed by atoms with Gasteiger partial charge in [0.15, 0.2) is 5.69 Å². The molecule has 0 radical (unpaired) electrons. The highest BCUT2D eigenvalue weighted by atomic mass is 16.5. The molecule has 8 nitrogen and oxygen atoms in total. The van der Waals surface area contributed by atoms with Crippen molar-refractivity contribution in [2.45, 2.75) is 25.8 Å². The van der Waals surface area contributed by atoms with Crippen molar-refractivity contribution in [3.05, 3.63) is 47.3 Å². The number of benzene rings is 1. The standard InChI is InChI=1S/C21H28N4O4/c1-24(2)13-11-22-21(27)20-17-15-25(12-10-18(17)29-23-20)19(26)9-6-14-28-16-7-4-3-5-8-16/h3-5,7-8H,6,9-15H2,1-2H3,(H,22,27). The lowest BCUT2D eigenvalue weighted by Gasteiger charge is -2.26. The number of hydrogen-bond donors (Lipinski definition) is 1. The molecule has 0 unspecified atom stereocenters. The Balaban J connectivity index is 1.48. The van der Waals surface area contributed by atoms with E-state index in [1.807, 2.05) is 49.3 Å². The zero-order valence-electron chi connectivity index (χ0n) is 17.0. The van der Waals surface area contributed by atoms with E-state index in [1.165, 1.54) is 0 Å². The molecule has 0 atom stereocenters. The number of amides is 2. The number of nitrogens with zero attached hydrogens (tertiary/aromatic N) is 3.